The lowest BCUT2D eigenvalue weighted by Gasteiger charge is -2.37. The van der Waals surface area contributed by atoms with Gasteiger partial charge in [-0.2, -0.15) is 0 Å². The van der Waals surface area contributed by atoms with E-state index < -0.39 is 0 Å². The molecule has 128 valence electrons. The second-order valence-electron chi connectivity index (χ2n) is 7.61. The lowest BCUT2D eigenvalue weighted by molar-refractivity contribution is -0.124. The normalized spacial score (nSPS) is 37.1. The van der Waals surface area contributed by atoms with Crippen molar-refractivity contribution in [3.05, 3.63) is 35.9 Å². The highest BCUT2D eigenvalue weighted by molar-refractivity contribution is 6.23. The Kier molecular flexibility index (Phi) is 2.86. The lowest BCUT2D eigenvalue weighted by Crippen LogP contribution is -2.40. The molecule has 0 N–H and O–H groups in total. The Labute approximate surface area is 145 Å². The standard InChI is InChI=1S/C20H19NO4/c1-9(22)10-3-6-16(25-2)15(7-10)21-19(23)17-11-4-5-12(14-8-13(11)14)18(17)20(21)24/h3-7,11-14,17-18H,8H2,1-2H3/t11-,12-,13-,14-,17+,18+/m1/s1. The molecule has 5 heteroatoms. The van der Waals surface area contributed by atoms with Gasteiger partial charge in [0.1, 0.15) is 5.75 Å². The highest BCUT2D eigenvalue weighted by Gasteiger charge is 2.67. The van der Waals surface area contributed by atoms with Crippen LogP contribution in [-0.2, 0) is 9.59 Å². The van der Waals surface area contributed by atoms with E-state index in [1.54, 1.807) is 18.2 Å². The molecule has 6 rings (SSSR count). The molecule has 5 nitrogen and oxygen atoms in total. The number of Topliss-reactive ketones (excluding diaryl/α,β-unsaturated/α-hetero) is 1. The molecule has 4 aliphatic carbocycles. The van der Waals surface area contributed by atoms with Crippen LogP contribution in [0.4, 0.5) is 5.69 Å². The minimum atomic E-state index is -0.253. The summed E-state index contributed by atoms with van der Waals surface area (Å²) in [6.07, 6.45) is 5.44. The number of amides is 2. The molecule has 5 aliphatic rings. The van der Waals surface area contributed by atoms with Crippen molar-refractivity contribution >= 4 is 23.3 Å². The molecule has 1 saturated heterocycles. The van der Waals surface area contributed by atoms with E-state index in [-0.39, 0.29) is 41.3 Å². The van der Waals surface area contributed by atoms with Crippen LogP contribution in [0, 0.1) is 35.5 Å². The van der Waals surface area contributed by atoms with Gasteiger partial charge >= 0.3 is 0 Å². The predicted molar refractivity (Wildman–Crippen MR) is 90.2 cm³/mol. The van der Waals surface area contributed by atoms with Crippen molar-refractivity contribution in [2.75, 3.05) is 12.0 Å². The number of ether oxygens (including phenoxy) is 1. The molecule has 0 unspecified atom stereocenters. The summed E-state index contributed by atoms with van der Waals surface area (Å²) < 4.78 is 5.37. The van der Waals surface area contributed by atoms with Crippen LogP contribution in [0.1, 0.15) is 23.7 Å². The van der Waals surface area contributed by atoms with Gasteiger partial charge in [0, 0.05) is 5.56 Å². The highest BCUT2D eigenvalue weighted by Crippen LogP contribution is 2.65. The van der Waals surface area contributed by atoms with Gasteiger partial charge in [-0.25, -0.2) is 4.90 Å². The van der Waals surface area contributed by atoms with E-state index in [0.717, 1.165) is 6.42 Å². The fourth-order valence-corrected chi connectivity index (χ4v) is 5.28. The van der Waals surface area contributed by atoms with E-state index in [1.165, 1.54) is 18.9 Å². The number of methoxy groups -OCH3 is 1. The summed E-state index contributed by atoms with van der Waals surface area (Å²) in [5, 5.41) is 0. The number of benzene rings is 1. The zero-order valence-corrected chi connectivity index (χ0v) is 14.1. The minimum absolute atomic E-state index is 0.108. The monoisotopic (exact) mass is 337 g/mol. The van der Waals surface area contributed by atoms with Gasteiger partial charge in [0.15, 0.2) is 5.78 Å². The first-order chi connectivity index (χ1) is 12.0. The third kappa shape index (κ3) is 1.81. The summed E-state index contributed by atoms with van der Waals surface area (Å²) in [6, 6.07) is 4.91. The number of nitrogens with zero attached hydrogens (tertiary/aromatic N) is 1. The van der Waals surface area contributed by atoms with E-state index in [9.17, 15) is 14.4 Å². The molecule has 2 amide bonds. The van der Waals surface area contributed by atoms with Gasteiger partial charge in [0.2, 0.25) is 11.8 Å². The van der Waals surface area contributed by atoms with Gasteiger partial charge in [-0.1, -0.05) is 12.2 Å². The number of hydrogen-bond donors (Lipinski definition) is 0. The molecule has 2 bridgehead atoms. The molecule has 1 aromatic carbocycles. The molecule has 0 aromatic heterocycles. The molecule has 3 fully saturated rings. The Balaban J connectivity index is 1.60. The second-order valence-corrected chi connectivity index (χ2v) is 7.61. The Morgan fingerprint density at radius 1 is 1.08 bits per heavy atom. The van der Waals surface area contributed by atoms with Crippen LogP contribution in [0.25, 0.3) is 0 Å². The number of rotatable bonds is 3. The fraction of sp³-hybridized carbons (Fsp3) is 0.450. The van der Waals surface area contributed by atoms with Crippen molar-refractivity contribution < 1.29 is 19.1 Å². The van der Waals surface area contributed by atoms with Gasteiger partial charge in [0.05, 0.1) is 24.6 Å². The van der Waals surface area contributed by atoms with Gasteiger partial charge in [-0.3, -0.25) is 14.4 Å². The largest absolute Gasteiger partial charge is 0.495 e. The number of allylic oxidation sites excluding steroid dienone is 2. The molecule has 25 heavy (non-hydrogen) atoms. The van der Waals surface area contributed by atoms with E-state index in [1.807, 2.05) is 0 Å². The Morgan fingerprint density at radius 2 is 1.68 bits per heavy atom. The van der Waals surface area contributed by atoms with Crippen LogP contribution in [-0.4, -0.2) is 24.7 Å². The average molecular weight is 337 g/mol. The second kappa shape index (κ2) is 4.81. The van der Waals surface area contributed by atoms with Gasteiger partial charge < -0.3 is 4.74 Å². The van der Waals surface area contributed by atoms with E-state index >= 15 is 0 Å². The molecule has 0 spiro atoms. The van der Waals surface area contributed by atoms with Gasteiger partial charge in [0.25, 0.3) is 0 Å². The number of carbonyl (C=O) groups is 3. The summed E-state index contributed by atoms with van der Waals surface area (Å²) in [6.45, 7) is 1.47. The maximum absolute atomic E-state index is 13.2. The summed E-state index contributed by atoms with van der Waals surface area (Å²) >= 11 is 0. The van der Waals surface area contributed by atoms with Crippen molar-refractivity contribution in [2.24, 2.45) is 35.5 Å². The zero-order chi connectivity index (χ0) is 17.5. The summed E-state index contributed by atoms with van der Waals surface area (Å²) in [7, 11) is 1.50. The Hall–Kier alpha value is -2.43. The van der Waals surface area contributed by atoms with Crippen LogP contribution in [0.2, 0.25) is 0 Å². The van der Waals surface area contributed by atoms with Gasteiger partial charge in [-0.05, 0) is 55.2 Å². The molecule has 6 atom stereocenters. The first kappa shape index (κ1) is 14.9. The Morgan fingerprint density at radius 3 is 2.20 bits per heavy atom. The zero-order valence-electron chi connectivity index (χ0n) is 14.1. The molecular weight excluding hydrogens is 318 g/mol. The molecule has 1 aromatic rings. The molecule has 1 aliphatic heterocycles. The summed E-state index contributed by atoms with van der Waals surface area (Å²) in [4.78, 5) is 39.4. The third-order valence-electron chi connectivity index (χ3n) is 6.49. The quantitative estimate of drug-likeness (QED) is 0.483. The average Bonchev–Trinajstić information content (AvgIpc) is 3.39. The van der Waals surface area contributed by atoms with Crippen molar-refractivity contribution in [1.29, 1.82) is 0 Å². The van der Waals surface area contributed by atoms with Crippen LogP contribution in [0.5, 0.6) is 5.75 Å². The van der Waals surface area contributed by atoms with E-state index in [4.69, 9.17) is 4.74 Å². The number of imide groups is 1. The Bertz CT molecular complexity index is 821. The van der Waals surface area contributed by atoms with E-state index in [0.29, 0.717) is 28.8 Å². The van der Waals surface area contributed by atoms with Crippen LogP contribution in [0.3, 0.4) is 0 Å². The van der Waals surface area contributed by atoms with Crippen molar-refractivity contribution in [1.82, 2.24) is 0 Å². The first-order valence-corrected chi connectivity index (χ1v) is 8.78. The topological polar surface area (TPSA) is 63.7 Å². The SMILES string of the molecule is COc1ccc(C(C)=O)cc1N1C(=O)[C@H]2[C@@H]3C=C[C@H]([C@H]4C[C@H]34)[C@@H]2C1=O. The van der Waals surface area contributed by atoms with Crippen molar-refractivity contribution in [3.8, 4) is 5.75 Å². The summed E-state index contributed by atoms with van der Waals surface area (Å²) in [5.74, 6) is 1.05. The molecule has 1 heterocycles. The van der Waals surface area contributed by atoms with Crippen LogP contribution in [0.15, 0.2) is 30.4 Å². The lowest BCUT2D eigenvalue weighted by atomic mass is 9.63. The first-order valence-electron chi connectivity index (χ1n) is 8.78. The minimum Gasteiger partial charge on any atom is -0.495 e. The fourth-order valence-electron chi connectivity index (χ4n) is 5.28. The van der Waals surface area contributed by atoms with Gasteiger partial charge in [-0.15, -0.1) is 0 Å². The molecular formula is C20H19NO4. The molecule has 2 saturated carbocycles. The van der Waals surface area contributed by atoms with Crippen molar-refractivity contribution in [2.45, 2.75) is 13.3 Å². The maximum Gasteiger partial charge on any atom is 0.238 e. The number of carbonyl (C=O) groups excluding carboxylic acids is 3. The number of anilines is 1. The smallest absolute Gasteiger partial charge is 0.238 e. The highest BCUT2D eigenvalue weighted by atomic mass is 16.5. The van der Waals surface area contributed by atoms with Crippen molar-refractivity contribution in [3.63, 3.8) is 0 Å². The van der Waals surface area contributed by atoms with E-state index in [2.05, 4.69) is 12.2 Å². The van der Waals surface area contributed by atoms with Crippen LogP contribution < -0.4 is 9.64 Å². The number of hydrogen-bond acceptors (Lipinski definition) is 4. The van der Waals surface area contributed by atoms with Crippen LogP contribution >= 0.6 is 0 Å². The molecule has 0 radical (unpaired) electrons. The number of ketones is 1. The predicted octanol–water partition coefficient (Wildman–Crippen LogP) is 2.46. The maximum atomic E-state index is 13.2. The third-order valence-corrected chi connectivity index (χ3v) is 6.49. The summed E-state index contributed by atoms with van der Waals surface area (Å²) in [5.41, 5.74) is 0.864.